The molecule has 1 aromatic carbocycles. The molecule has 2 aliphatic rings. The van der Waals surface area contributed by atoms with Crippen molar-refractivity contribution in [2.24, 2.45) is 0 Å². The third-order valence-corrected chi connectivity index (χ3v) is 6.71. The van der Waals surface area contributed by atoms with Crippen LogP contribution >= 0.6 is 12.2 Å². The van der Waals surface area contributed by atoms with E-state index in [1.807, 2.05) is 30.5 Å². The standard InChI is InChI=1S/C25H28N4O2S/c1-17-8-13-22(29(17)18-9-11-19(30-2)12-10-18)24-23(21-7-3-4-14-26-21)27-25(32)28(24)16-20-6-5-15-31-20/h3-4,7-14,20,23-24H,5-6,15-16H2,1-2H3,(H,27,32)/t20-,23-,24+/m0/s1. The van der Waals surface area contributed by atoms with Gasteiger partial charge in [0, 0.05) is 36.4 Å². The first-order valence-corrected chi connectivity index (χ1v) is 11.5. The Morgan fingerprint density at radius 1 is 1.16 bits per heavy atom. The van der Waals surface area contributed by atoms with Crippen molar-refractivity contribution in [1.29, 1.82) is 0 Å². The van der Waals surface area contributed by atoms with Crippen LogP contribution in [0.25, 0.3) is 5.69 Å². The summed E-state index contributed by atoms with van der Waals surface area (Å²) >= 11 is 5.83. The number of aryl methyl sites for hydroxylation is 1. The van der Waals surface area contributed by atoms with E-state index in [0.29, 0.717) is 0 Å². The summed E-state index contributed by atoms with van der Waals surface area (Å²) in [6.07, 6.45) is 4.21. The van der Waals surface area contributed by atoms with Gasteiger partial charge in [0.15, 0.2) is 5.11 Å². The SMILES string of the molecule is COc1ccc(-n2c(C)ccc2[C@@H]2[C@H](c3ccccn3)NC(=S)N2C[C@@H]2CCCO2)cc1. The summed E-state index contributed by atoms with van der Waals surface area (Å²) in [5.41, 5.74) is 4.42. The van der Waals surface area contributed by atoms with Gasteiger partial charge in [-0.25, -0.2) is 0 Å². The molecule has 3 aromatic rings. The molecule has 7 heteroatoms. The number of hydrogen-bond acceptors (Lipinski definition) is 4. The molecule has 32 heavy (non-hydrogen) atoms. The predicted octanol–water partition coefficient (Wildman–Crippen LogP) is 4.34. The van der Waals surface area contributed by atoms with Gasteiger partial charge in [0.2, 0.25) is 0 Å². The summed E-state index contributed by atoms with van der Waals surface area (Å²) in [7, 11) is 1.69. The molecule has 0 unspecified atom stereocenters. The summed E-state index contributed by atoms with van der Waals surface area (Å²) in [6.45, 7) is 3.73. The summed E-state index contributed by atoms with van der Waals surface area (Å²) in [5.74, 6) is 0.843. The van der Waals surface area contributed by atoms with Gasteiger partial charge in [0.25, 0.3) is 0 Å². The number of thiocarbonyl (C=S) groups is 1. The highest BCUT2D eigenvalue weighted by Gasteiger charge is 2.42. The number of methoxy groups -OCH3 is 1. The molecule has 2 fully saturated rings. The predicted molar refractivity (Wildman–Crippen MR) is 128 cm³/mol. The quantitative estimate of drug-likeness (QED) is 0.566. The first kappa shape index (κ1) is 21.0. The van der Waals surface area contributed by atoms with E-state index in [4.69, 9.17) is 21.7 Å². The molecular formula is C25H28N4O2S. The molecule has 0 aliphatic carbocycles. The molecule has 2 saturated heterocycles. The highest BCUT2D eigenvalue weighted by molar-refractivity contribution is 7.80. The molecule has 6 nitrogen and oxygen atoms in total. The van der Waals surface area contributed by atoms with Gasteiger partial charge in [-0.1, -0.05) is 6.07 Å². The second-order valence-corrected chi connectivity index (χ2v) is 8.73. The second kappa shape index (κ2) is 8.92. The van der Waals surface area contributed by atoms with Gasteiger partial charge in [0.1, 0.15) is 5.75 Å². The van der Waals surface area contributed by atoms with Crippen LogP contribution in [-0.2, 0) is 4.74 Å². The lowest BCUT2D eigenvalue weighted by Crippen LogP contribution is -2.36. The molecule has 2 aromatic heterocycles. The van der Waals surface area contributed by atoms with Gasteiger partial charge >= 0.3 is 0 Å². The fraction of sp³-hybridized carbons (Fsp3) is 0.360. The maximum absolute atomic E-state index is 5.97. The van der Waals surface area contributed by atoms with Gasteiger partial charge < -0.3 is 24.3 Å². The van der Waals surface area contributed by atoms with Crippen molar-refractivity contribution in [3.8, 4) is 11.4 Å². The van der Waals surface area contributed by atoms with Gasteiger partial charge in [0.05, 0.1) is 31.0 Å². The Morgan fingerprint density at radius 2 is 2.00 bits per heavy atom. The number of aromatic nitrogens is 2. The van der Waals surface area contributed by atoms with Crippen LogP contribution in [0.4, 0.5) is 0 Å². The van der Waals surface area contributed by atoms with Crippen molar-refractivity contribution >= 4 is 17.3 Å². The van der Waals surface area contributed by atoms with Crippen LogP contribution in [0.1, 0.15) is 42.0 Å². The van der Waals surface area contributed by atoms with Crippen molar-refractivity contribution in [3.63, 3.8) is 0 Å². The van der Waals surface area contributed by atoms with Crippen molar-refractivity contribution in [1.82, 2.24) is 19.8 Å². The lowest BCUT2D eigenvalue weighted by molar-refractivity contribution is 0.0836. The number of pyridine rings is 1. The lowest BCUT2D eigenvalue weighted by atomic mass is 10.0. The Hall–Kier alpha value is -2.90. The third kappa shape index (κ3) is 3.87. The third-order valence-electron chi connectivity index (χ3n) is 6.36. The molecule has 2 aliphatic heterocycles. The van der Waals surface area contributed by atoms with Crippen molar-refractivity contribution < 1.29 is 9.47 Å². The minimum Gasteiger partial charge on any atom is -0.497 e. The molecular weight excluding hydrogens is 420 g/mol. The number of hydrogen-bond donors (Lipinski definition) is 1. The van der Waals surface area contributed by atoms with Crippen molar-refractivity contribution in [2.75, 3.05) is 20.3 Å². The van der Waals surface area contributed by atoms with E-state index in [0.717, 1.165) is 48.2 Å². The average molecular weight is 449 g/mol. The average Bonchev–Trinajstić information content (AvgIpc) is 3.55. The number of nitrogens with zero attached hydrogens (tertiary/aromatic N) is 3. The maximum atomic E-state index is 5.97. The smallest absolute Gasteiger partial charge is 0.170 e. The van der Waals surface area contributed by atoms with Crippen molar-refractivity contribution in [3.05, 3.63) is 77.9 Å². The number of rotatable bonds is 6. The number of ether oxygens (including phenoxy) is 2. The summed E-state index contributed by atoms with van der Waals surface area (Å²) in [6, 6.07) is 18.5. The Bertz CT molecular complexity index is 1080. The molecule has 0 radical (unpaired) electrons. The molecule has 1 N–H and O–H groups in total. The summed E-state index contributed by atoms with van der Waals surface area (Å²) in [5, 5.41) is 4.31. The van der Waals surface area contributed by atoms with Crippen LogP contribution in [0, 0.1) is 6.92 Å². The molecule has 3 atom stereocenters. The fourth-order valence-corrected chi connectivity index (χ4v) is 5.12. The minimum atomic E-state index is -0.0450. The van der Waals surface area contributed by atoms with Crippen LogP contribution in [-0.4, -0.2) is 45.9 Å². The molecule has 5 rings (SSSR count). The zero-order valence-electron chi connectivity index (χ0n) is 18.4. The summed E-state index contributed by atoms with van der Waals surface area (Å²) in [4.78, 5) is 6.95. The molecule has 0 bridgehead atoms. The normalized spacial score (nSPS) is 22.9. The monoisotopic (exact) mass is 448 g/mol. The van der Waals surface area contributed by atoms with E-state index >= 15 is 0 Å². The molecule has 0 spiro atoms. The maximum Gasteiger partial charge on any atom is 0.170 e. The van der Waals surface area contributed by atoms with Crippen molar-refractivity contribution in [2.45, 2.75) is 38.0 Å². The minimum absolute atomic E-state index is 0.00241. The topological polar surface area (TPSA) is 51.5 Å². The molecule has 0 saturated carbocycles. The second-order valence-electron chi connectivity index (χ2n) is 8.35. The molecule has 166 valence electrons. The van der Waals surface area contributed by atoms with Crippen LogP contribution < -0.4 is 10.1 Å². The van der Waals surface area contributed by atoms with Gasteiger partial charge in [-0.15, -0.1) is 0 Å². The van der Waals surface area contributed by atoms with E-state index in [-0.39, 0.29) is 18.2 Å². The Morgan fingerprint density at radius 3 is 2.69 bits per heavy atom. The Balaban J connectivity index is 1.58. The van der Waals surface area contributed by atoms with Crippen LogP contribution in [0.2, 0.25) is 0 Å². The highest BCUT2D eigenvalue weighted by Crippen LogP contribution is 2.40. The Kier molecular flexibility index (Phi) is 5.85. The fourth-order valence-electron chi connectivity index (χ4n) is 4.80. The first-order valence-electron chi connectivity index (χ1n) is 11.1. The van der Waals surface area contributed by atoms with Gasteiger partial charge in [-0.2, -0.15) is 0 Å². The lowest BCUT2D eigenvalue weighted by Gasteiger charge is -2.31. The molecule has 0 amide bonds. The van der Waals surface area contributed by atoms with Crippen LogP contribution in [0.5, 0.6) is 5.75 Å². The number of benzene rings is 1. The van der Waals surface area contributed by atoms with E-state index in [9.17, 15) is 0 Å². The first-order chi connectivity index (χ1) is 15.7. The zero-order chi connectivity index (χ0) is 22.1. The molecule has 4 heterocycles. The van der Waals surface area contributed by atoms with E-state index < -0.39 is 0 Å². The van der Waals surface area contributed by atoms with Crippen LogP contribution in [0.3, 0.4) is 0 Å². The van der Waals surface area contributed by atoms with E-state index in [1.165, 1.54) is 11.4 Å². The van der Waals surface area contributed by atoms with Crippen LogP contribution in [0.15, 0.2) is 60.8 Å². The zero-order valence-corrected chi connectivity index (χ0v) is 19.2. The highest BCUT2D eigenvalue weighted by atomic mass is 32.1. The van der Waals surface area contributed by atoms with E-state index in [2.05, 4.69) is 57.0 Å². The summed E-state index contributed by atoms with van der Waals surface area (Å²) < 4.78 is 13.6. The van der Waals surface area contributed by atoms with E-state index in [1.54, 1.807) is 7.11 Å². The number of nitrogens with one attached hydrogen (secondary N) is 1. The Labute approximate surface area is 194 Å². The largest absolute Gasteiger partial charge is 0.497 e. The van der Waals surface area contributed by atoms with Gasteiger partial charge in [-0.3, -0.25) is 4.98 Å². The van der Waals surface area contributed by atoms with Gasteiger partial charge in [-0.05, 0) is 80.5 Å².